The Balaban J connectivity index is 1.58. The molecular weight excluding hydrogens is 278 g/mol. The molecule has 3 rings (SSSR count). The van der Waals surface area contributed by atoms with Gasteiger partial charge in [0.25, 0.3) is 0 Å². The number of anilines is 1. The Morgan fingerprint density at radius 1 is 1.60 bits per heavy atom. The standard InChI is InChI=1S/C13H13N3O3S/c17-12(4-8-5-13(18)19-7-8)14-11-6-9(15-16-11)10-2-1-3-20-10/h1-3,6,8H,4-5,7H2,(H2,14,15,16,17)/t8-/m1/s1. The number of hydrogen-bond acceptors (Lipinski definition) is 5. The van der Waals surface area contributed by atoms with Gasteiger partial charge in [0, 0.05) is 18.4 Å². The summed E-state index contributed by atoms with van der Waals surface area (Å²) in [4.78, 5) is 23.9. The smallest absolute Gasteiger partial charge is 0.306 e. The SMILES string of the molecule is O=C(C[C@H]1COC(=O)C1)Nc1cc(-c2cccs2)[nH]n1. The molecule has 2 aromatic rings. The van der Waals surface area contributed by atoms with Crippen LogP contribution in [0, 0.1) is 5.92 Å². The number of amides is 1. The number of rotatable bonds is 4. The predicted molar refractivity (Wildman–Crippen MR) is 74.2 cm³/mol. The fraction of sp³-hybridized carbons (Fsp3) is 0.308. The number of carbonyl (C=O) groups is 2. The van der Waals surface area contributed by atoms with E-state index in [4.69, 9.17) is 4.74 Å². The number of ether oxygens (including phenoxy) is 1. The molecular formula is C13H13N3O3S. The third-order valence-corrected chi connectivity index (χ3v) is 3.94. The Morgan fingerprint density at radius 2 is 2.50 bits per heavy atom. The summed E-state index contributed by atoms with van der Waals surface area (Å²) in [6, 6.07) is 5.72. The third kappa shape index (κ3) is 2.88. The molecule has 1 aliphatic rings. The Hall–Kier alpha value is -2.15. The number of nitrogens with zero attached hydrogens (tertiary/aromatic N) is 1. The van der Waals surface area contributed by atoms with Crippen LogP contribution in [0.25, 0.3) is 10.6 Å². The first-order chi connectivity index (χ1) is 9.70. The summed E-state index contributed by atoms with van der Waals surface area (Å²) in [5, 5.41) is 11.6. The van der Waals surface area contributed by atoms with Gasteiger partial charge in [0.15, 0.2) is 5.82 Å². The van der Waals surface area contributed by atoms with Crippen molar-refractivity contribution in [1.82, 2.24) is 10.2 Å². The van der Waals surface area contributed by atoms with Gasteiger partial charge in [-0.2, -0.15) is 5.10 Å². The molecule has 0 bridgehead atoms. The summed E-state index contributed by atoms with van der Waals surface area (Å²) in [7, 11) is 0. The number of aromatic nitrogens is 2. The molecule has 0 aromatic carbocycles. The Bertz CT molecular complexity index is 621. The van der Waals surface area contributed by atoms with Gasteiger partial charge in [0.1, 0.15) is 0 Å². The molecule has 1 atom stereocenters. The molecule has 3 heterocycles. The number of thiophene rings is 1. The first kappa shape index (κ1) is 12.9. The minimum absolute atomic E-state index is 0.0294. The number of hydrogen-bond donors (Lipinski definition) is 2. The minimum Gasteiger partial charge on any atom is -0.465 e. The number of aromatic amines is 1. The second-order valence-corrected chi connectivity index (χ2v) is 5.60. The zero-order valence-electron chi connectivity index (χ0n) is 10.6. The van der Waals surface area contributed by atoms with Gasteiger partial charge in [-0.15, -0.1) is 11.3 Å². The molecule has 104 valence electrons. The van der Waals surface area contributed by atoms with E-state index >= 15 is 0 Å². The first-order valence-corrected chi connectivity index (χ1v) is 7.13. The summed E-state index contributed by atoms with van der Waals surface area (Å²) in [5.74, 6) is 0.0712. The molecule has 0 saturated carbocycles. The van der Waals surface area contributed by atoms with Crippen molar-refractivity contribution in [3.63, 3.8) is 0 Å². The van der Waals surface area contributed by atoms with Gasteiger partial charge in [0.2, 0.25) is 5.91 Å². The highest BCUT2D eigenvalue weighted by atomic mass is 32.1. The molecule has 0 spiro atoms. The number of nitrogens with one attached hydrogen (secondary N) is 2. The number of cyclic esters (lactones) is 1. The van der Waals surface area contributed by atoms with Crippen molar-refractivity contribution in [2.24, 2.45) is 5.92 Å². The molecule has 1 fully saturated rings. The molecule has 0 unspecified atom stereocenters. The van der Waals surface area contributed by atoms with Crippen LogP contribution in [0.1, 0.15) is 12.8 Å². The zero-order valence-corrected chi connectivity index (χ0v) is 11.4. The van der Waals surface area contributed by atoms with Crippen molar-refractivity contribution in [1.29, 1.82) is 0 Å². The Labute approximate surface area is 119 Å². The van der Waals surface area contributed by atoms with Crippen LogP contribution in [-0.2, 0) is 14.3 Å². The van der Waals surface area contributed by atoms with E-state index in [-0.39, 0.29) is 24.2 Å². The number of H-pyrrole nitrogens is 1. The largest absolute Gasteiger partial charge is 0.465 e. The summed E-state index contributed by atoms with van der Waals surface area (Å²) in [5.41, 5.74) is 0.870. The van der Waals surface area contributed by atoms with E-state index in [1.807, 2.05) is 17.5 Å². The fourth-order valence-electron chi connectivity index (χ4n) is 2.10. The molecule has 1 saturated heterocycles. The highest BCUT2D eigenvalue weighted by molar-refractivity contribution is 7.13. The van der Waals surface area contributed by atoms with Gasteiger partial charge < -0.3 is 10.1 Å². The molecule has 0 radical (unpaired) electrons. The Morgan fingerprint density at radius 3 is 3.20 bits per heavy atom. The lowest BCUT2D eigenvalue weighted by molar-refractivity contribution is -0.138. The van der Waals surface area contributed by atoms with Gasteiger partial charge in [-0.3, -0.25) is 14.7 Å². The molecule has 6 nitrogen and oxygen atoms in total. The summed E-state index contributed by atoms with van der Waals surface area (Å²) in [6.07, 6.45) is 0.585. The minimum atomic E-state index is -0.234. The predicted octanol–water partition coefficient (Wildman–Crippen LogP) is 2.03. The van der Waals surface area contributed by atoms with Crippen molar-refractivity contribution in [2.75, 3.05) is 11.9 Å². The molecule has 1 aliphatic heterocycles. The first-order valence-electron chi connectivity index (χ1n) is 6.25. The fourth-order valence-corrected chi connectivity index (χ4v) is 2.79. The second kappa shape index (κ2) is 5.46. The summed E-state index contributed by atoms with van der Waals surface area (Å²) >= 11 is 1.60. The van der Waals surface area contributed by atoms with Gasteiger partial charge in [-0.1, -0.05) is 6.07 Å². The van der Waals surface area contributed by atoms with Crippen LogP contribution in [0.3, 0.4) is 0 Å². The number of esters is 1. The quantitative estimate of drug-likeness (QED) is 0.844. The molecule has 20 heavy (non-hydrogen) atoms. The van der Waals surface area contributed by atoms with E-state index in [1.54, 1.807) is 17.4 Å². The van der Waals surface area contributed by atoms with Crippen LogP contribution in [0.4, 0.5) is 5.82 Å². The third-order valence-electron chi connectivity index (χ3n) is 3.04. The maximum Gasteiger partial charge on any atom is 0.306 e. The van der Waals surface area contributed by atoms with E-state index < -0.39 is 0 Å². The highest BCUT2D eigenvalue weighted by Gasteiger charge is 2.26. The lowest BCUT2D eigenvalue weighted by Gasteiger charge is -2.04. The van der Waals surface area contributed by atoms with Crippen LogP contribution >= 0.6 is 11.3 Å². The van der Waals surface area contributed by atoms with Crippen LogP contribution in [0.2, 0.25) is 0 Å². The van der Waals surface area contributed by atoms with Crippen LogP contribution < -0.4 is 5.32 Å². The highest BCUT2D eigenvalue weighted by Crippen LogP contribution is 2.24. The average molecular weight is 291 g/mol. The van der Waals surface area contributed by atoms with Crippen molar-refractivity contribution >= 4 is 29.0 Å². The maximum atomic E-state index is 11.8. The van der Waals surface area contributed by atoms with E-state index in [0.717, 1.165) is 10.6 Å². The summed E-state index contributed by atoms with van der Waals surface area (Å²) < 4.78 is 4.83. The van der Waals surface area contributed by atoms with Crippen molar-refractivity contribution in [3.8, 4) is 10.6 Å². The average Bonchev–Trinajstić information content (AvgIpc) is 3.10. The van der Waals surface area contributed by atoms with E-state index in [9.17, 15) is 9.59 Å². The second-order valence-electron chi connectivity index (χ2n) is 4.65. The van der Waals surface area contributed by atoms with Gasteiger partial charge in [0.05, 0.1) is 23.6 Å². The normalized spacial score (nSPS) is 18.0. The zero-order chi connectivity index (χ0) is 13.9. The van der Waals surface area contributed by atoms with Crippen molar-refractivity contribution in [3.05, 3.63) is 23.6 Å². The molecule has 7 heteroatoms. The monoisotopic (exact) mass is 291 g/mol. The summed E-state index contributed by atoms with van der Waals surface area (Å²) in [6.45, 7) is 0.327. The Kier molecular flexibility index (Phi) is 3.51. The van der Waals surface area contributed by atoms with E-state index in [2.05, 4.69) is 15.5 Å². The molecule has 0 aliphatic carbocycles. The van der Waals surface area contributed by atoms with Gasteiger partial charge in [-0.25, -0.2) is 0 Å². The van der Waals surface area contributed by atoms with Crippen LogP contribution in [0.5, 0.6) is 0 Å². The van der Waals surface area contributed by atoms with Crippen LogP contribution in [0.15, 0.2) is 23.6 Å². The van der Waals surface area contributed by atoms with E-state index in [0.29, 0.717) is 18.8 Å². The lowest BCUT2D eigenvalue weighted by Crippen LogP contribution is -2.16. The van der Waals surface area contributed by atoms with Gasteiger partial charge in [-0.05, 0) is 11.4 Å². The van der Waals surface area contributed by atoms with E-state index in [1.165, 1.54) is 0 Å². The van der Waals surface area contributed by atoms with Crippen LogP contribution in [-0.4, -0.2) is 28.7 Å². The van der Waals surface area contributed by atoms with Gasteiger partial charge >= 0.3 is 5.97 Å². The lowest BCUT2D eigenvalue weighted by atomic mass is 10.0. The number of carbonyl (C=O) groups excluding carboxylic acids is 2. The van der Waals surface area contributed by atoms with Crippen molar-refractivity contribution in [2.45, 2.75) is 12.8 Å². The topological polar surface area (TPSA) is 84.1 Å². The maximum absolute atomic E-state index is 11.8. The van der Waals surface area contributed by atoms with Crippen molar-refractivity contribution < 1.29 is 14.3 Å². The molecule has 1 amide bonds. The molecule has 2 aromatic heterocycles. The molecule has 2 N–H and O–H groups in total.